The summed E-state index contributed by atoms with van der Waals surface area (Å²) in [5.74, 6) is 0. The van der Waals surface area contributed by atoms with E-state index in [2.05, 4.69) is 125 Å². The molecule has 0 aromatic rings. The maximum Gasteiger partial charge on any atom is 0.123 e. The maximum absolute atomic E-state index is 2.56. The SMILES string of the molecule is CC(C)(C)C1=C(C2=C(C(C)(C)C)[Si]2(C(C)(C)C)C(C)(C)C)[Si]1(C(C)(C)C)C(C)(C)C. The Balaban J connectivity index is 3.00. The molecule has 0 N–H and O–H groups in total. The summed E-state index contributed by atoms with van der Waals surface area (Å²) in [5.41, 5.74) is 0.521. The molecule has 0 radical (unpaired) electrons. The first-order chi connectivity index (χ1) is 12.7. The van der Waals surface area contributed by atoms with Crippen molar-refractivity contribution >= 4 is 16.1 Å². The molecule has 2 rings (SSSR count). The van der Waals surface area contributed by atoms with Crippen molar-refractivity contribution in [2.24, 2.45) is 10.8 Å². The number of allylic oxidation sites excluding steroid dienone is 4. The van der Waals surface area contributed by atoms with E-state index in [-0.39, 0.29) is 10.8 Å². The van der Waals surface area contributed by atoms with Gasteiger partial charge in [-0.05, 0) is 31.0 Å². The van der Waals surface area contributed by atoms with Crippen LogP contribution in [0.2, 0.25) is 20.2 Å². The van der Waals surface area contributed by atoms with Crippen LogP contribution in [0.3, 0.4) is 0 Å². The molecule has 0 fully saturated rings. The van der Waals surface area contributed by atoms with Gasteiger partial charge in [0.15, 0.2) is 0 Å². The van der Waals surface area contributed by atoms with Crippen molar-refractivity contribution in [2.75, 3.05) is 0 Å². The summed E-state index contributed by atoms with van der Waals surface area (Å²) in [4.78, 5) is 0. The van der Waals surface area contributed by atoms with Crippen LogP contribution < -0.4 is 0 Å². The van der Waals surface area contributed by atoms with Gasteiger partial charge >= 0.3 is 0 Å². The van der Waals surface area contributed by atoms with Crippen molar-refractivity contribution in [3.63, 3.8) is 0 Å². The molecule has 2 heteroatoms. The predicted octanol–water partition coefficient (Wildman–Crippen LogP) is 9.95. The molecule has 0 aliphatic carbocycles. The third-order valence-electron chi connectivity index (χ3n) is 8.12. The molecule has 2 aliphatic heterocycles. The zero-order valence-electron chi connectivity index (χ0n) is 24.0. The van der Waals surface area contributed by atoms with E-state index in [0.29, 0.717) is 20.2 Å². The summed E-state index contributed by atoms with van der Waals surface area (Å²) >= 11 is 0. The molecule has 0 nitrogen and oxygen atoms in total. The van der Waals surface area contributed by atoms with Gasteiger partial charge in [0, 0.05) is 0 Å². The second-order valence-corrected chi connectivity index (χ2v) is 27.5. The van der Waals surface area contributed by atoms with Crippen LogP contribution >= 0.6 is 0 Å². The standard InChI is InChI=1S/C28H54Si2/c1-23(2,3)21-19(29(21,25(7,8)9)26(10,11)12)20-22(24(4,5)6)30(20,27(13,14)15)28(16,17)18/h1-18H3. The van der Waals surface area contributed by atoms with E-state index in [4.69, 9.17) is 0 Å². The second kappa shape index (κ2) is 6.28. The van der Waals surface area contributed by atoms with Crippen molar-refractivity contribution in [3.05, 3.63) is 20.8 Å². The Bertz CT molecular complexity index is 694. The summed E-state index contributed by atoms with van der Waals surface area (Å²) in [5, 5.41) is 9.03. The van der Waals surface area contributed by atoms with E-state index >= 15 is 0 Å². The largest absolute Gasteiger partial charge is 0.123 e. The lowest BCUT2D eigenvalue weighted by Gasteiger charge is -2.47. The lowest BCUT2D eigenvalue weighted by atomic mass is 9.94. The first kappa shape index (κ1) is 26.2. The third-order valence-corrected chi connectivity index (χ3v) is 22.9. The Labute approximate surface area is 192 Å². The molecule has 0 aromatic heterocycles. The van der Waals surface area contributed by atoms with Crippen LogP contribution in [0.15, 0.2) is 20.8 Å². The van der Waals surface area contributed by atoms with E-state index < -0.39 is 16.1 Å². The van der Waals surface area contributed by atoms with Gasteiger partial charge in [0.1, 0.15) is 16.1 Å². The first-order valence-corrected chi connectivity index (χ1v) is 16.2. The normalized spacial score (nSPS) is 22.6. The molecule has 30 heavy (non-hydrogen) atoms. The van der Waals surface area contributed by atoms with Gasteiger partial charge in [0.25, 0.3) is 0 Å². The molecule has 0 aromatic carbocycles. The van der Waals surface area contributed by atoms with Crippen LogP contribution in [-0.4, -0.2) is 16.1 Å². The Morgan fingerprint density at radius 3 is 0.567 bits per heavy atom. The average Bonchev–Trinajstić information content (AvgIpc) is 3.21. The minimum absolute atomic E-state index is 0.261. The van der Waals surface area contributed by atoms with Crippen molar-refractivity contribution in [3.8, 4) is 0 Å². The fourth-order valence-corrected chi connectivity index (χ4v) is 26.3. The van der Waals surface area contributed by atoms with Crippen molar-refractivity contribution in [1.29, 1.82) is 0 Å². The number of hydrogen-bond acceptors (Lipinski definition) is 0. The molecule has 0 bridgehead atoms. The summed E-state index contributed by atoms with van der Waals surface area (Å²) in [6, 6.07) is 0. The highest BCUT2D eigenvalue weighted by Crippen LogP contribution is 2.81. The third kappa shape index (κ3) is 3.17. The maximum atomic E-state index is 2.56. The number of rotatable bonds is 1. The molecule has 0 atom stereocenters. The molecule has 0 unspecified atom stereocenters. The van der Waals surface area contributed by atoms with Gasteiger partial charge in [-0.3, -0.25) is 0 Å². The Kier molecular flexibility index (Phi) is 5.47. The molecule has 174 valence electrons. The predicted molar refractivity (Wildman–Crippen MR) is 143 cm³/mol. The fraction of sp³-hybridized carbons (Fsp3) is 0.857. The fourth-order valence-electron chi connectivity index (χ4n) is 8.31. The minimum Gasteiger partial charge on any atom is -0.0697 e. The van der Waals surface area contributed by atoms with Gasteiger partial charge in [-0.25, -0.2) is 0 Å². The van der Waals surface area contributed by atoms with Gasteiger partial charge in [-0.15, -0.1) is 0 Å². The lowest BCUT2D eigenvalue weighted by molar-refractivity contribution is 0.521. The van der Waals surface area contributed by atoms with Crippen LogP contribution in [0.25, 0.3) is 0 Å². The molecular weight excluding hydrogens is 392 g/mol. The highest BCUT2D eigenvalue weighted by atomic mass is 28.3. The van der Waals surface area contributed by atoms with Gasteiger partial charge in [-0.2, -0.15) is 0 Å². The smallest absolute Gasteiger partial charge is 0.0697 e. The van der Waals surface area contributed by atoms with Crippen LogP contribution in [0.5, 0.6) is 0 Å². The topological polar surface area (TPSA) is 0 Å². The summed E-state index contributed by atoms with van der Waals surface area (Å²) < 4.78 is 0. The van der Waals surface area contributed by atoms with E-state index in [1.54, 1.807) is 0 Å². The van der Waals surface area contributed by atoms with Crippen molar-refractivity contribution in [1.82, 2.24) is 0 Å². The molecule has 0 saturated heterocycles. The molecule has 0 saturated carbocycles. The summed E-state index contributed by atoms with van der Waals surface area (Å²) in [7, 11) is -3.62. The molecule has 2 aliphatic rings. The van der Waals surface area contributed by atoms with E-state index in [0.717, 1.165) is 0 Å². The highest BCUT2D eigenvalue weighted by molar-refractivity contribution is 7.16. The van der Waals surface area contributed by atoms with Gasteiger partial charge in [0.2, 0.25) is 0 Å². The molecule has 0 spiro atoms. The van der Waals surface area contributed by atoms with Crippen LogP contribution in [0, 0.1) is 10.8 Å². The Hall–Kier alpha value is -0.0862. The van der Waals surface area contributed by atoms with Crippen molar-refractivity contribution in [2.45, 2.75) is 145 Å². The summed E-state index contributed by atoms with van der Waals surface area (Å²) in [6.45, 7) is 45.6. The lowest BCUT2D eigenvalue weighted by Crippen LogP contribution is -2.48. The van der Waals surface area contributed by atoms with Crippen LogP contribution in [0.1, 0.15) is 125 Å². The Morgan fingerprint density at radius 2 is 0.500 bits per heavy atom. The van der Waals surface area contributed by atoms with E-state index in [1.807, 2.05) is 20.8 Å². The van der Waals surface area contributed by atoms with Crippen LogP contribution in [-0.2, 0) is 0 Å². The molecule has 2 heterocycles. The van der Waals surface area contributed by atoms with E-state index in [9.17, 15) is 0 Å². The number of hydrogen-bond donors (Lipinski definition) is 0. The van der Waals surface area contributed by atoms with E-state index in [1.165, 1.54) is 0 Å². The monoisotopic (exact) mass is 446 g/mol. The zero-order valence-corrected chi connectivity index (χ0v) is 26.0. The first-order valence-electron chi connectivity index (χ1n) is 12.2. The average molecular weight is 447 g/mol. The molecular formula is C28H54Si2. The summed E-state index contributed by atoms with van der Waals surface area (Å²) in [6.07, 6.45) is 0. The van der Waals surface area contributed by atoms with Crippen LogP contribution in [0.4, 0.5) is 0 Å². The van der Waals surface area contributed by atoms with Gasteiger partial charge < -0.3 is 0 Å². The zero-order chi connectivity index (χ0) is 24.3. The second-order valence-electron chi connectivity index (χ2n) is 16.5. The minimum atomic E-state index is -1.81. The van der Waals surface area contributed by atoms with Crippen molar-refractivity contribution < 1.29 is 0 Å². The molecule has 0 amide bonds. The van der Waals surface area contributed by atoms with Gasteiger partial charge in [-0.1, -0.05) is 145 Å². The highest BCUT2D eigenvalue weighted by Gasteiger charge is 2.79. The Morgan fingerprint density at radius 1 is 0.333 bits per heavy atom. The quantitative estimate of drug-likeness (QED) is 0.351. The van der Waals surface area contributed by atoms with Gasteiger partial charge in [0.05, 0.1) is 0 Å².